The standard InChI is InChI=1S/C15H17BF3N2O3.K/c1-15(2,3)10-7-9(21-6-5-12(22)20-14(21)23)8-11(13(10)24-4)16(17,18)19;/h5-8H,1-4H3,(H,20,22,23);/q-1;+1. The quantitative estimate of drug-likeness (QED) is 0.688. The Kier molecular flexibility index (Phi) is 6.96. The van der Waals surface area contributed by atoms with E-state index in [1.165, 1.54) is 13.2 Å². The minimum atomic E-state index is -5.36. The Morgan fingerprint density at radius 2 is 1.76 bits per heavy atom. The number of hydrogen-bond acceptors (Lipinski definition) is 3. The zero-order chi connectivity index (χ0) is 18.3. The number of benzene rings is 1. The molecule has 25 heavy (non-hydrogen) atoms. The zero-order valence-electron chi connectivity index (χ0n) is 14.7. The van der Waals surface area contributed by atoms with Crippen LogP contribution < -0.4 is 72.8 Å². The molecule has 2 aromatic rings. The molecule has 0 unspecified atom stereocenters. The first kappa shape index (κ1) is 22.2. The number of ether oxygens (including phenoxy) is 1. The Morgan fingerprint density at radius 1 is 1.16 bits per heavy atom. The van der Waals surface area contributed by atoms with Gasteiger partial charge in [-0.3, -0.25) is 14.3 Å². The van der Waals surface area contributed by atoms with Crippen molar-refractivity contribution in [2.24, 2.45) is 0 Å². The number of methoxy groups -OCH3 is 1. The molecule has 130 valence electrons. The predicted molar refractivity (Wildman–Crippen MR) is 86.6 cm³/mol. The fourth-order valence-electron chi connectivity index (χ4n) is 2.42. The molecule has 0 saturated carbocycles. The Hall–Kier alpha value is -0.809. The third-order valence-electron chi connectivity index (χ3n) is 3.57. The first-order valence-electron chi connectivity index (χ1n) is 7.20. The van der Waals surface area contributed by atoms with E-state index in [1.54, 1.807) is 20.8 Å². The molecule has 0 bridgehead atoms. The van der Waals surface area contributed by atoms with Crippen molar-refractivity contribution < 1.29 is 69.1 Å². The molecule has 0 atom stereocenters. The zero-order valence-corrected chi connectivity index (χ0v) is 17.8. The van der Waals surface area contributed by atoms with Gasteiger partial charge in [0, 0.05) is 18.0 Å². The second-order valence-electron chi connectivity index (χ2n) is 6.42. The van der Waals surface area contributed by atoms with Gasteiger partial charge in [-0.05, 0) is 17.0 Å². The first-order valence-corrected chi connectivity index (χ1v) is 7.20. The van der Waals surface area contributed by atoms with Gasteiger partial charge in [0.2, 0.25) is 0 Å². The van der Waals surface area contributed by atoms with Gasteiger partial charge in [-0.15, -0.1) is 0 Å². The fourth-order valence-corrected chi connectivity index (χ4v) is 2.42. The summed E-state index contributed by atoms with van der Waals surface area (Å²) in [5.74, 6) is -0.253. The van der Waals surface area contributed by atoms with Crippen LogP contribution in [0.1, 0.15) is 26.3 Å². The molecule has 0 saturated heterocycles. The third kappa shape index (κ3) is 4.88. The van der Waals surface area contributed by atoms with E-state index in [4.69, 9.17) is 4.74 Å². The van der Waals surface area contributed by atoms with E-state index in [2.05, 4.69) is 0 Å². The van der Waals surface area contributed by atoms with Gasteiger partial charge >= 0.3 is 64.1 Å². The Morgan fingerprint density at radius 3 is 2.20 bits per heavy atom. The van der Waals surface area contributed by atoms with Crippen molar-refractivity contribution in [3.63, 3.8) is 0 Å². The van der Waals surface area contributed by atoms with Crippen molar-refractivity contribution in [2.75, 3.05) is 7.11 Å². The molecule has 1 heterocycles. The van der Waals surface area contributed by atoms with Gasteiger partial charge in [-0.1, -0.05) is 32.3 Å². The SMILES string of the molecule is COc1c([B-](F)(F)F)cc(-n2ccc(=O)[nH]c2=O)cc1C(C)(C)C.[K+]. The summed E-state index contributed by atoms with van der Waals surface area (Å²) >= 11 is 0. The van der Waals surface area contributed by atoms with E-state index in [1.807, 2.05) is 4.98 Å². The number of nitrogens with one attached hydrogen (secondary N) is 1. The number of aromatic nitrogens is 2. The third-order valence-corrected chi connectivity index (χ3v) is 3.57. The van der Waals surface area contributed by atoms with Crippen molar-refractivity contribution in [3.05, 3.63) is 50.8 Å². The van der Waals surface area contributed by atoms with Crippen LogP contribution in [0.4, 0.5) is 12.9 Å². The number of nitrogens with zero attached hydrogens (tertiary/aromatic N) is 1. The smallest absolute Gasteiger partial charge is 0.499 e. The van der Waals surface area contributed by atoms with Gasteiger partial charge in [0.15, 0.2) is 0 Å². The minimum absolute atomic E-state index is 0. The monoisotopic (exact) mass is 380 g/mol. The van der Waals surface area contributed by atoms with Crippen LogP contribution in [0.3, 0.4) is 0 Å². The fraction of sp³-hybridized carbons (Fsp3) is 0.333. The predicted octanol–water partition coefficient (Wildman–Crippen LogP) is -1.11. The normalized spacial score (nSPS) is 11.8. The maximum absolute atomic E-state index is 13.5. The summed E-state index contributed by atoms with van der Waals surface area (Å²) in [5.41, 5.74) is -2.68. The Labute approximate surface area is 185 Å². The first-order chi connectivity index (χ1) is 10.9. The largest absolute Gasteiger partial charge is 1.00 e. The second kappa shape index (κ2) is 7.83. The van der Waals surface area contributed by atoms with Gasteiger partial charge in [-0.2, -0.15) is 0 Å². The van der Waals surface area contributed by atoms with Crippen molar-refractivity contribution in [1.82, 2.24) is 9.55 Å². The molecule has 5 nitrogen and oxygen atoms in total. The van der Waals surface area contributed by atoms with Gasteiger partial charge < -0.3 is 17.7 Å². The van der Waals surface area contributed by atoms with E-state index in [-0.39, 0.29) is 62.8 Å². The molecule has 0 fully saturated rings. The summed E-state index contributed by atoms with van der Waals surface area (Å²) in [6.45, 7) is -0.117. The van der Waals surface area contributed by atoms with Crippen molar-refractivity contribution in [1.29, 1.82) is 0 Å². The molecule has 0 aliphatic carbocycles. The number of rotatable bonds is 3. The molecule has 1 aromatic heterocycles. The number of H-pyrrole nitrogens is 1. The summed E-state index contributed by atoms with van der Waals surface area (Å²) in [6, 6.07) is 3.39. The minimum Gasteiger partial charge on any atom is -0.499 e. The maximum atomic E-state index is 13.5. The van der Waals surface area contributed by atoms with Gasteiger partial charge in [0.05, 0.1) is 12.9 Å². The van der Waals surface area contributed by atoms with Crippen LogP contribution in [0, 0.1) is 0 Å². The molecule has 2 rings (SSSR count). The molecular formula is C15H17BF3KN2O3. The molecule has 10 heteroatoms. The van der Waals surface area contributed by atoms with E-state index in [0.717, 1.165) is 22.9 Å². The van der Waals surface area contributed by atoms with Gasteiger partial charge in [0.1, 0.15) is 0 Å². The Balaban J connectivity index is 0.00000312. The van der Waals surface area contributed by atoms with Gasteiger partial charge in [-0.25, -0.2) is 4.79 Å². The van der Waals surface area contributed by atoms with Crippen LogP contribution in [0.15, 0.2) is 34.0 Å². The van der Waals surface area contributed by atoms with Crippen molar-refractivity contribution in [2.45, 2.75) is 26.2 Å². The van der Waals surface area contributed by atoms with Crippen LogP contribution in [0.25, 0.3) is 5.69 Å². The van der Waals surface area contributed by atoms with Crippen LogP contribution in [-0.2, 0) is 5.41 Å². The van der Waals surface area contributed by atoms with E-state index < -0.39 is 29.1 Å². The molecule has 0 aliphatic rings. The van der Waals surface area contributed by atoms with E-state index in [0.29, 0.717) is 5.56 Å². The topological polar surface area (TPSA) is 64.1 Å². The molecule has 0 aliphatic heterocycles. The van der Waals surface area contributed by atoms with Crippen molar-refractivity contribution in [3.8, 4) is 11.4 Å². The molecule has 1 N–H and O–H groups in total. The summed E-state index contributed by atoms with van der Waals surface area (Å²) in [6.07, 6.45) is 1.14. The average Bonchev–Trinajstić information content (AvgIpc) is 2.44. The number of aromatic amines is 1. The summed E-state index contributed by atoms with van der Waals surface area (Å²) < 4.78 is 46.5. The van der Waals surface area contributed by atoms with Crippen LogP contribution in [0.2, 0.25) is 0 Å². The van der Waals surface area contributed by atoms with E-state index >= 15 is 0 Å². The van der Waals surface area contributed by atoms with Crippen LogP contribution in [0.5, 0.6) is 5.75 Å². The Bertz CT molecular complexity index is 850. The van der Waals surface area contributed by atoms with E-state index in [9.17, 15) is 22.5 Å². The number of halogens is 3. The summed E-state index contributed by atoms with van der Waals surface area (Å²) in [5, 5.41) is 0. The average molecular weight is 380 g/mol. The summed E-state index contributed by atoms with van der Waals surface area (Å²) in [7, 11) is 1.18. The molecule has 0 spiro atoms. The van der Waals surface area contributed by atoms with Crippen LogP contribution in [-0.4, -0.2) is 23.6 Å². The number of hydrogen-bond donors (Lipinski definition) is 1. The molecule has 0 amide bonds. The molecule has 1 aromatic carbocycles. The molecular weight excluding hydrogens is 363 g/mol. The van der Waals surface area contributed by atoms with Crippen molar-refractivity contribution >= 4 is 12.4 Å². The summed E-state index contributed by atoms with van der Waals surface area (Å²) in [4.78, 5) is 25.1. The van der Waals surface area contributed by atoms with Gasteiger partial charge in [0.25, 0.3) is 5.56 Å². The second-order valence-corrected chi connectivity index (χ2v) is 6.42. The molecule has 0 radical (unpaired) electrons. The van der Waals surface area contributed by atoms with Crippen LogP contribution >= 0.6 is 0 Å². The maximum Gasteiger partial charge on any atom is 1.00 e.